The van der Waals surface area contributed by atoms with Crippen molar-refractivity contribution in [3.05, 3.63) is 205 Å². The van der Waals surface area contributed by atoms with Crippen LogP contribution < -0.4 is 0 Å². The number of benzene rings is 10. The first-order chi connectivity index (χ1) is 27.0. The minimum Gasteiger partial charge on any atom is -0.0616 e. The molecule has 0 bridgehead atoms. The fourth-order valence-corrected chi connectivity index (χ4v) is 9.51. The second-order valence-electron chi connectivity index (χ2n) is 15.7. The first-order valence-corrected chi connectivity index (χ1v) is 19.3. The van der Waals surface area contributed by atoms with E-state index < -0.39 is 0 Å². The van der Waals surface area contributed by atoms with Crippen LogP contribution in [0.2, 0.25) is 0 Å². The van der Waals surface area contributed by atoms with E-state index in [0.717, 1.165) is 0 Å². The molecule has 0 aliphatic heterocycles. The van der Waals surface area contributed by atoms with Crippen molar-refractivity contribution in [2.75, 3.05) is 0 Å². The van der Waals surface area contributed by atoms with Gasteiger partial charge >= 0.3 is 0 Å². The third-order valence-corrected chi connectivity index (χ3v) is 12.2. The van der Waals surface area contributed by atoms with Crippen molar-refractivity contribution in [3.8, 4) is 55.6 Å². The van der Waals surface area contributed by atoms with E-state index in [2.05, 4.69) is 208 Å². The van der Waals surface area contributed by atoms with Gasteiger partial charge in [-0.25, -0.2) is 0 Å². The zero-order valence-corrected chi connectivity index (χ0v) is 31.0. The Hall–Kier alpha value is -6.76. The quantitative estimate of drug-likeness (QED) is 0.161. The highest BCUT2D eigenvalue weighted by Crippen LogP contribution is 2.52. The highest BCUT2D eigenvalue weighted by Gasteiger charge is 2.36. The van der Waals surface area contributed by atoms with Crippen molar-refractivity contribution in [3.63, 3.8) is 0 Å². The van der Waals surface area contributed by atoms with Crippen LogP contribution in [0.25, 0.3) is 98.7 Å². The summed E-state index contributed by atoms with van der Waals surface area (Å²) in [7, 11) is 0. The summed E-state index contributed by atoms with van der Waals surface area (Å²) in [6, 6.07) is 72.2. The molecule has 0 spiro atoms. The molecule has 0 saturated carbocycles. The summed E-state index contributed by atoms with van der Waals surface area (Å²) in [5, 5.41) is 10.2. The fourth-order valence-electron chi connectivity index (χ4n) is 9.51. The van der Waals surface area contributed by atoms with Gasteiger partial charge < -0.3 is 0 Å². The molecule has 1 aliphatic rings. The lowest BCUT2D eigenvalue weighted by molar-refractivity contribution is 0.661. The minimum atomic E-state index is -0.0502. The number of hydrogen-bond donors (Lipinski definition) is 0. The van der Waals surface area contributed by atoms with E-state index in [1.807, 2.05) is 0 Å². The first-order valence-electron chi connectivity index (χ1n) is 19.3. The fraction of sp³-hybridized carbons (Fsp3) is 0.0545. The molecule has 0 fully saturated rings. The summed E-state index contributed by atoms with van der Waals surface area (Å²) in [4.78, 5) is 0. The van der Waals surface area contributed by atoms with Gasteiger partial charge in [-0.3, -0.25) is 0 Å². The molecule has 1 aliphatic carbocycles. The normalized spacial score (nSPS) is 13.1. The molecule has 0 heteroatoms. The molecule has 10 aromatic carbocycles. The lowest BCUT2D eigenvalue weighted by Crippen LogP contribution is -2.14. The first kappa shape index (κ1) is 31.7. The van der Waals surface area contributed by atoms with Crippen molar-refractivity contribution in [1.82, 2.24) is 0 Å². The molecule has 0 radical (unpaired) electrons. The molecule has 0 unspecified atom stereocenters. The van der Waals surface area contributed by atoms with E-state index in [1.165, 1.54) is 110 Å². The monoisotopic (exact) mass is 698 g/mol. The molecule has 0 saturated heterocycles. The van der Waals surface area contributed by atoms with E-state index in [1.54, 1.807) is 0 Å². The molecule has 0 nitrogen and oxygen atoms in total. The molecule has 10 aromatic rings. The van der Waals surface area contributed by atoms with Crippen LogP contribution in [0.4, 0.5) is 0 Å². The molecule has 0 N–H and O–H groups in total. The third-order valence-electron chi connectivity index (χ3n) is 12.2. The molecular formula is C55H38. The second kappa shape index (κ2) is 12.1. The van der Waals surface area contributed by atoms with Gasteiger partial charge in [-0.2, -0.15) is 0 Å². The van der Waals surface area contributed by atoms with Crippen LogP contribution in [0.5, 0.6) is 0 Å². The number of fused-ring (bicyclic) bond motifs is 8. The van der Waals surface area contributed by atoms with Gasteiger partial charge in [0.1, 0.15) is 0 Å². The average molecular weight is 699 g/mol. The minimum absolute atomic E-state index is 0.0502. The Bertz CT molecular complexity index is 3100. The SMILES string of the molecule is CC1(C)c2ccc(-c3cccc(-c4c5ccccc5c(-c5ccc(-c6ccc7ccccc7c6)cc5)c5ccccc45)c3)cc2-c2c1ccc1ccccc21. The highest BCUT2D eigenvalue weighted by molar-refractivity contribution is 6.21. The van der Waals surface area contributed by atoms with Gasteiger partial charge in [0, 0.05) is 5.41 Å². The Morgan fingerprint density at radius 1 is 0.273 bits per heavy atom. The summed E-state index contributed by atoms with van der Waals surface area (Å²) in [6.07, 6.45) is 0. The topological polar surface area (TPSA) is 0 Å². The summed E-state index contributed by atoms with van der Waals surface area (Å²) >= 11 is 0. The zero-order chi connectivity index (χ0) is 36.7. The number of hydrogen-bond acceptors (Lipinski definition) is 0. The Morgan fingerprint density at radius 2 is 0.745 bits per heavy atom. The Kier molecular flexibility index (Phi) is 7.00. The van der Waals surface area contributed by atoms with Crippen molar-refractivity contribution in [2.24, 2.45) is 0 Å². The van der Waals surface area contributed by atoms with Crippen molar-refractivity contribution in [2.45, 2.75) is 19.3 Å². The highest BCUT2D eigenvalue weighted by atomic mass is 14.4. The third kappa shape index (κ3) is 4.92. The molecule has 55 heavy (non-hydrogen) atoms. The average Bonchev–Trinajstić information content (AvgIpc) is 3.48. The molecule has 0 atom stereocenters. The largest absolute Gasteiger partial charge is 0.0616 e. The van der Waals surface area contributed by atoms with Crippen molar-refractivity contribution >= 4 is 43.1 Å². The molecule has 0 aromatic heterocycles. The van der Waals surface area contributed by atoms with Crippen LogP contribution in [0.15, 0.2) is 194 Å². The predicted octanol–water partition coefficient (Wildman–Crippen LogP) is 15.3. The number of rotatable bonds is 4. The Morgan fingerprint density at radius 3 is 1.45 bits per heavy atom. The van der Waals surface area contributed by atoms with E-state index in [4.69, 9.17) is 0 Å². The molecule has 258 valence electrons. The van der Waals surface area contributed by atoms with E-state index in [0.29, 0.717) is 0 Å². The van der Waals surface area contributed by atoms with Gasteiger partial charge in [0.15, 0.2) is 0 Å². The van der Waals surface area contributed by atoms with Gasteiger partial charge in [0.25, 0.3) is 0 Å². The second-order valence-corrected chi connectivity index (χ2v) is 15.7. The molecule has 11 rings (SSSR count). The Balaban J connectivity index is 1.05. The maximum atomic E-state index is 2.44. The maximum absolute atomic E-state index is 2.44. The lowest BCUT2D eigenvalue weighted by atomic mass is 9.81. The van der Waals surface area contributed by atoms with Crippen molar-refractivity contribution < 1.29 is 0 Å². The van der Waals surface area contributed by atoms with Gasteiger partial charge in [-0.1, -0.05) is 190 Å². The molecule has 0 heterocycles. The van der Waals surface area contributed by atoms with Gasteiger partial charge in [-0.15, -0.1) is 0 Å². The van der Waals surface area contributed by atoms with Crippen LogP contribution in [-0.2, 0) is 5.41 Å². The van der Waals surface area contributed by atoms with Gasteiger partial charge in [0.05, 0.1) is 0 Å². The van der Waals surface area contributed by atoms with Crippen LogP contribution >= 0.6 is 0 Å². The summed E-state index contributed by atoms with van der Waals surface area (Å²) in [5.74, 6) is 0. The standard InChI is InChI=1S/C55H38/c1-55(2)50-30-29-42(34-49(50)54-44-17-6-5-13-37(44)28-31-51(54)55)40-15-11-16-43(33-40)53-47-20-9-7-18-45(47)52(46-19-8-10-21-48(46)53)38-25-22-36(23-26-38)41-27-24-35-12-3-4-14-39(35)32-41/h3-34H,1-2H3. The van der Waals surface area contributed by atoms with Crippen LogP contribution in [0, 0.1) is 0 Å². The van der Waals surface area contributed by atoms with Gasteiger partial charge in [0.2, 0.25) is 0 Å². The van der Waals surface area contributed by atoms with Crippen LogP contribution in [0.3, 0.4) is 0 Å². The van der Waals surface area contributed by atoms with E-state index >= 15 is 0 Å². The smallest absolute Gasteiger partial charge is 0.0159 e. The van der Waals surface area contributed by atoms with Gasteiger partial charge in [-0.05, 0) is 128 Å². The summed E-state index contributed by atoms with van der Waals surface area (Å²) in [6.45, 7) is 4.73. The maximum Gasteiger partial charge on any atom is 0.0159 e. The molecular weight excluding hydrogens is 661 g/mol. The predicted molar refractivity (Wildman–Crippen MR) is 236 cm³/mol. The zero-order valence-electron chi connectivity index (χ0n) is 31.0. The molecule has 0 amide bonds. The summed E-state index contributed by atoms with van der Waals surface area (Å²) < 4.78 is 0. The van der Waals surface area contributed by atoms with Crippen molar-refractivity contribution in [1.29, 1.82) is 0 Å². The lowest BCUT2D eigenvalue weighted by Gasteiger charge is -2.21. The van der Waals surface area contributed by atoms with E-state index in [9.17, 15) is 0 Å². The Labute approximate surface area is 322 Å². The van der Waals surface area contributed by atoms with Crippen LogP contribution in [-0.4, -0.2) is 0 Å². The van der Waals surface area contributed by atoms with Crippen LogP contribution in [0.1, 0.15) is 25.0 Å². The van der Waals surface area contributed by atoms with E-state index in [-0.39, 0.29) is 5.41 Å². The summed E-state index contributed by atoms with van der Waals surface area (Å²) in [5.41, 5.74) is 15.5.